The first-order valence-corrected chi connectivity index (χ1v) is 8.86. The molecule has 1 aromatic carbocycles. The van der Waals surface area contributed by atoms with Gasteiger partial charge < -0.3 is 15.4 Å². The zero-order valence-corrected chi connectivity index (χ0v) is 14.1. The largest absolute Gasteiger partial charge is 0.490 e. The van der Waals surface area contributed by atoms with Crippen LogP contribution in [-0.4, -0.2) is 36.5 Å². The predicted octanol–water partition coefficient (Wildman–Crippen LogP) is 3.21. The van der Waals surface area contributed by atoms with Gasteiger partial charge in [-0.3, -0.25) is 4.79 Å². The number of carbonyl (C=O) groups is 1. The van der Waals surface area contributed by atoms with Crippen LogP contribution in [0.1, 0.15) is 55.8 Å². The molecule has 1 aliphatic carbocycles. The third-order valence-corrected chi connectivity index (χ3v) is 5.27. The normalized spacial score (nSPS) is 25.6. The molecule has 0 radical (unpaired) electrons. The molecule has 1 amide bonds. The lowest BCUT2D eigenvalue weighted by atomic mass is 9.90. The number of ether oxygens (including phenoxy) is 1. The van der Waals surface area contributed by atoms with Gasteiger partial charge in [0, 0.05) is 18.7 Å². The van der Waals surface area contributed by atoms with Crippen molar-refractivity contribution < 1.29 is 9.53 Å². The lowest BCUT2D eigenvalue weighted by Gasteiger charge is -2.24. The molecule has 4 nitrogen and oxygen atoms in total. The van der Waals surface area contributed by atoms with Crippen molar-refractivity contribution >= 4 is 5.91 Å². The monoisotopic (exact) mass is 316 g/mol. The van der Waals surface area contributed by atoms with Crippen molar-refractivity contribution in [3.05, 3.63) is 29.8 Å². The van der Waals surface area contributed by atoms with E-state index in [1.54, 1.807) is 0 Å². The SMILES string of the molecule is CC1(CN)CCN(C(=O)c2cccc(OC3CCCCC3)c2)C1. The Hall–Kier alpha value is -1.55. The highest BCUT2D eigenvalue weighted by atomic mass is 16.5. The number of hydrogen-bond acceptors (Lipinski definition) is 3. The van der Waals surface area contributed by atoms with Crippen LogP contribution in [0.25, 0.3) is 0 Å². The third-order valence-electron chi connectivity index (χ3n) is 5.27. The van der Waals surface area contributed by atoms with E-state index in [1.165, 1.54) is 19.3 Å². The first kappa shape index (κ1) is 16.3. The van der Waals surface area contributed by atoms with E-state index < -0.39 is 0 Å². The fourth-order valence-electron chi connectivity index (χ4n) is 3.62. The maximum absolute atomic E-state index is 12.7. The molecule has 0 bridgehead atoms. The average molecular weight is 316 g/mol. The van der Waals surface area contributed by atoms with E-state index in [-0.39, 0.29) is 11.3 Å². The molecule has 1 aromatic rings. The second-order valence-corrected chi connectivity index (χ2v) is 7.40. The van der Waals surface area contributed by atoms with Gasteiger partial charge in [0.25, 0.3) is 5.91 Å². The van der Waals surface area contributed by atoms with Crippen LogP contribution in [0.5, 0.6) is 5.75 Å². The van der Waals surface area contributed by atoms with E-state index in [4.69, 9.17) is 10.5 Å². The average Bonchev–Trinajstić information content (AvgIpc) is 2.98. The summed E-state index contributed by atoms with van der Waals surface area (Å²) in [6, 6.07) is 7.66. The van der Waals surface area contributed by atoms with Gasteiger partial charge in [-0.2, -0.15) is 0 Å². The Morgan fingerprint density at radius 3 is 2.83 bits per heavy atom. The van der Waals surface area contributed by atoms with Crippen LogP contribution in [0, 0.1) is 5.41 Å². The number of nitrogens with two attached hydrogens (primary N) is 1. The van der Waals surface area contributed by atoms with Crippen LogP contribution in [0.3, 0.4) is 0 Å². The number of nitrogens with zero attached hydrogens (tertiary/aromatic N) is 1. The summed E-state index contributed by atoms with van der Waals surface area (Å²) in [5, 5.41) is 0. The van der Waals surface area contributed by atoms with E-state index in [9.17, 15) is 4.79 Å². The van der Waals surface area contributed by atoms with Gasteiger partial charge >= 0.3 is 0 Å². The van der Waals surface area contributed by atoms with Gasteiger partial charge in [0.1, 0.15) is 5.75 Å². The molecule has 0 aromatic heterocycles. The standard InChI is InChI=1S/C19H28N2O2/c1-19(13-20)10-11-21(14-19)18(22)15-6-5-9-17(12-15)23-16-7-3-2-4-8-16/h5-6,9,12,16H,2-4,7-8,10-11,13-14,20H2,1H3. The van der Waals surface area contributed by atoms with E-state index in [0.29, 0.717) is 12.6 Å². The summed E-state index contributed by atoms with van der Waals surface area (Å²) in [4.78, 5) is 14.6. The second kappa shape index (κ2) is 6.91. The van der Waals surface area contributed by atoms with Crippen molar-refractivity contribution in [2.45, 2.75) is 51.6 Å². The van der Waals surface area contributed by atoms with E-state index in [2.05, 4.69) is 6.92 Å². The maximum atomic E-state index is 12.7. The van der Waals surface area contributed by atoms with Crippen molar-refractivity contribution in [1.82, 2.24) is 4.90 Å². The van der Waals surface area contributed by atoms with Crippen molar-refractivity contribution in [3.63, 3.8) is 0 Å². The molecule has 1 saturated carbocycles. The molecule has 1 aliphatic heterocycles. The highest BCUT2D eigenvalue weighted by molar-refractivity contribution is 5.94. The van der Waals surface area contributed by atoms with Gasteiger partial charge in [-0.05, 0) is 62.3 Å². The zero-order chi connectivity index (χ0) is 16.3. The van der Waals surface area contributed by atoms with Crippen molar-refractivity contribution in [1.29, 1.82) is 0 Å². The van der Waals surface area contributed by atoms with Crippen LogP contribution in [0.4, 0.5) is 0 Å². The number of benzene rings is 1. The lowest BCUT2D eigenvalue weighted by molar-refractivity contribution is 0.0775. The maximum Gasteiger partial charge on any atom is 0.254 e. The Balaban J connectivity index is 1.66. The Labute approximate surface area is 139 Å². The minimum Gasteiger partial charge on any atom is -0.490 e. The van der Waals surface area contributed by atoms with E-state index in [1.807, 2.05) is 29.2 Å². The molecule has 2 fully saturated rings. The summed E-state index contributed by atoms with van der Waals surface area (Å²) in [7, 11) is 0. The minimum atomic E-state index is 0.0614. The lowest BCUT2D eigenvalue weighted by Crippen LogP contribution is -2.34. The molecule has 2 aliphatic rings. The predicted molar refractivity (Wildman–Crippen MR) is 91.6 cm³/mol. The Kier molecular flexibility index (Phi) is 4.90. The van der Waals surface area contributed by atoms with Crippen LogP contribution in [0.15, 0.2) is 24.3 Å². The molecule has 1 atom stereocenters. The highest BCUT2D eigenvalue weighted by Gasteiger charge is 2.35. The fourth-order valence-corrected chi connectivity index (χ4v) is 3.62. The van der Waals surface area contributed by atoms with Gasteiger partial charge in [-0.15, -0.1) is 0 Å². The van der Waals surface area contributed by atoms with Crippen molar-refractivity contribution in [2.24, 2.45) is 11.1 Å². The van der Waals surface area contributed by atoms with Crippen LogP contribution >= 0.6 is 0 Å². The number of likely N-dealkylation sites (tertiary alicyclic amines) is 1. The van der Waals surface area contributed by atoms with Gasteiger partial charge in [-0.1, -0.05) is 19.4 Å². The third kappa shape index (κ3) is 3.86. The minimum absolute atomic E-state index is 0.0614. The fraction of sp³-hybridized carbons (Fsp3) is 0.632. The van der Waals surface area contributed by atoms with Crippen LogP contribution < -0.4 is 10.5 Å². The summed E-state index contributed by atoms with van der Waals surface area (Å²) < 4.78 is 6.08. The summed E-state index contributed by atoms with van der Waals surface area (Å²) in [6.07, 6.45) is 7.34. The summed E-state index contributed by atoms with van der Waals surface area (Å²) in [6.45, 7) is 4.32. The van der Waals surface area contributed by atoms with Gasteiger partial charge in [0.15, 0.2) is 0 Å². The molecular weight excluding hydrogens is 288 g/mol. The zero-order valence-electron chi connectivity index (χ0n) is 14.1. The summed E-state index contributed by atoms with van der Waals surface area (Å²) in [5.74, 6) is 0.916. The summed E-state index contributed by atoms with van der Waals surface area (Å²) >= 11 is 0. The first-order chi connectivity index (χ1) is 11.1. The van der Waals surface area contributed by atoms with Gasteiger partial charge in [0.2, 0.25) is 0 Å². The van der Waals surface area contributed by atoms with E-state index in [0.717, 1.165) is 43.7 Å². The smallest absolute Gasteiger partial charge is 0.254 e. The highest BCUT2D eigenvalue weighted by Crippen LogP contribution is 2.30. The molecule has 1 saturated heterocycles. The molecule has 23 heavy (non-hydrogen) atoms. The molecular formula is C19H28N2O2. The molecule has 4 heteroatoms. The van der Waals surface area contributed by atoms with Crippen LogP contribution in [-0.2, 0) is 0 Å². The molecule has 1 unspecified atom stereocenters. The molecule has 126 valence electrons. The number of amides is 1. The number of rotatable bonds is 4. The van der Waals surface area contributed by atoms with Gasteiger partial charge in [0.05, 0.1) is 6.10 Å². The quantitative estimate of drug-likeness (QED) is 0.928. The Bertz CT molecular complexity index is 554. The van der Waals surface area contributed by atoms with Crippen LogP contribution in [0.2, 0.25) is 0 Å². The Morgan fingerprint density at radius 2 is 2.13 bits per heavy atom. The van der Waals surface area contributed by atoms with Gasteiger partial charge in [-0.25, -0.2) is 0 Å². The molecule has 2 N–H and O–H groups in total. The van der Waals surface area contributed by atoms with Crippen molar-refractivity contribution in [3.8, 4) is 5.75 Å². The topological polar surface area (TPSA) is 55.6 Å². The summed E-state index contributed by atoms with van der Waals surface area (Å²) in [5.41, 5.74) is 6.62. The second-order valence-electron chi connectivity index (χ2n) is 7.40. The molecule has 3 rings (SSSR count). The first-order valence-electron chi connectivity index (χ1n) is 8.86. The molecule has 0 spiro atoms. The molecule has 1 heterocycles. The van der Waals surface area contributed by atoms with Crippen molar-refractivity contribution in [2.75, 3.05) is 19.6 Å². The number of carbonyl (C=O) groups excluding carboxylic acids is 1. The van der Waals surface area contributed by atoms with E-state index >= 15 is 0 Å². The number of hydrogen-bond donors (Lipinski definition) is 1. The Morgan fingerprint density at radius 1 is 1.35 bits per heavy atom.